The summed E-state index contributed by atoms with van der Waals surface area (Å²) in [7, 11) is 2.72. The van der Waals surface area contributed by atoms with E-state index < -0.39 is 34.6 Å². The van der Waals surface area contributed by atoms with Gasteiger partial charge in [0.05, 0.1) is 15.8 Å². The zero-order chi connectivity index (χ0) is 30.7. The molecule has 0 aliphatic carbocycles. The molecule has 0 N–H and O–H groups in total. The first-order valence-corrected chi connectivity index (χ1v) is 15.0. The van der Waals surface area contributed by atoms with E-state index in [1.165, 1.54) is 6.07 Å². The number of aryl methyl sites for hydroxylation is 1. The summed E-state index contributed by atoms with van der Waals surface area (Å²) in [6.07, 6.45) is 0. The van der Waals surface area contributed by atoms with Gasteiger partial charge in [0.2, 0.25) is 5.82 Å². The number of thiazole rings is 1. The van der Waals surface area contributed by atoms with Gasteiger partial charge < -0.3 is 0 Å². The second kappa shape index (κ2) is 10.9. The lowest BCUT2D eigenvalue weighted by atomic mass is 9.93. The van der Waals surface area contributed by atoms with Crippen LogP contribution in [0.3, 0.4) is 0 Å². The molecule has 1 heterocycles. The highest BCUT2D eigenvalue weighted by Crippen LogP contribution is 2.37. The van der Waals surface area contributed by atoms with Gasteiger partial charge in [-0.3, -0.25) is 0 Å². The molecule has 7 aromatic rings. The lowest BCUT2D eigenvalue weighted by Gasteiger charge is -2.13. The van der Waals surface area contributed by atoms with Crippen molar-refractivity contribution in [2.45, 2.75) is 6.92 Å². The van der Waals surface area contributed by atoms with Crippen LogP contribution in [-0.2, 0) is 0 Å². The first-order chi connectivity index (χ1) is 21.2. The number of fused-ring (bicyclic) bond motifs is 2. The third-order valence-corrected chi connectivity index (χ3v) is 9.18. The van der Waals surface area contributed by atoms with Crippen molar-refractivity contribution in [1.82, 2.24) is 4.98 Å². The molecule has 1 nitrogen and oxygen atoms in total. The Morgan fingerprint density at radius 2 is 1.07 bits per heavy atom. The Balaban J connectivity index is 1.17. The summed E-state index contributed by atoms with van der Waals surface area (Å²) < 4.78 is 71.2. The van der Waals surface area contributed by atoms with Gasteiger partial charge >= 0.3 is 0 Å². The predicted molar refractivity (Wildman–Crippen MR) is 173 cm³/mol. The largest absolute Gasteiger partial charge is 0.236 e. The Hall–Kier alpha value is -4.45. The highest BCUT2D eigenvalue weighted by molar-refractivity contribution is 7.28. The molecule has 0 fully saturated rings. The van der Waals surface area contributed by atoms with Crippen molar-refractivity contribution < 1.29 is 22.0 Å². The monoisotopic (exact) mass is 625 g/mol. The Morgan fingerprint density at radius 1 is 0.545 bits per heavy atom. The van der Waals surface area contributed by atoms with E-state index in [1.54, 1.807) is 30.4 Å². The van der Waals surface area contributed by atoms with E-state index in [2.05, 4.69) is 51.7 Å². The number of aromatic nitrogens is 1. The molecule has 1 unspecified atom stereocenters. The maximum absolute atomic E-state index is 14.4. The molecule has 216 valence electrons. The third kappa shape index (κ3) is 4.86. The van der Waals surface area contributed by atoms with E-state index in [-0.39, 0.29) is 5.56 Å². The minimum atomic E-state index is -2.17. The fourth-order valence-corrected chi connectivity index (χ4v) is 6.84. The number of hydrogen-bond donors (Lipinski definition) is 0. The summed E-state index contributed by atoms with van der Waals surface area (Å²) in [5.74, 6) is -9.79. The Morgan fingerprint density at radius 3 is 1.70 bits per heavy atom. The molecule has 0 bridgehead atoms. The average Bonchev–Trinajstić information content (AvgIpc) is 3.46. The number of rotatable bonds is 4. The topological polar surface area (TPSA) is 12.9 Å². The van der Waals surface area contributed by atoms with Crippen LogP contribution in [-0.4, -0.2) is 4.98 Å². The molecule has 0 aliphatic rings. The molecule has 7 rings (SSSR count). The second-order valence-electron chi connectivity index (χ2n) is 10.6. The summed E-state index contributed by atoms with van der Waals surface area (Å²) in [5, 5.41) is 4.13. The fraction of sp³-hybridized carbons (Fsp3) is 0.0278. The molecule has 6 aromatic carbocycles. The highest BCUT2D eigenvalue weighted by Gasteiger charge is 2.27. The summed E-state index contributed by atoms with van der Waals surface area (Å²) >= 11 is 1.67. The molecule has 8 heteroatoms. The normalized spacial score (nSPS) is 11.5. The molecule has 0 aliphatic heterocycles. The van der Waals surface area contributed by atoms with Crippen LogP contribution < -0.4 is 5.30 Å². The molecule has 1 atom stereocenters. The van der Waals surface area contributed by atoms with E-state index in [9.17, 15) is 22.0 Å². The molecule has 0 saturated heterocycles. The van der Waals surface area contributed by atoms with Gasteiger partial charge in [-0.1, -0.05) is 72.8 Å². The predicted octanol–water partition coefficient (Wildman–Crippen LogP) is 10.6. The third-order valence-electron chi connectivity index (χ3n) is 7.76. The van der Waals surface area contributed by atoms with Crippen molar-refractivity contribution in [2.24, 2.45) is 0 Å². The second-order valence-corrected chi connectivity index (χ2v) is 12.3. The van der Waals surface area contributed by atoms with E-state index in [4.69, 9.17) is 4.98 Å². The minimum Gasteiger partial charge on any atom is -0.236 e. The van der Waals surface area contributed by atoms with Gasteiger partial charge in [-0.05, 0) is 80.6 Å². The van der Waals surface area contributed by atoms with Crippen LogP contribution in [0.1, 0.15) is 5.56 Å². The molecule has 0 saturated carbocycles. The number of nitrogens with zero attached hydrogens (tertiary/aromatic N) is 1. The van der Waals surface area contributed by atoms with Crippen molar-refractivity contribution >= 4 is 46.9 Å². The van der Waals surface area contributed by atoms with Crippen LogP contribution in [0.25, 0.3) is 64.9 Å². The molecule has 0 spiro atoms. The van der Waals surface area contributed by atoms with Gasteiger partial charge in [0.25, 0.3) is 0 Å². The number of benzene rings is 6. The van der Waals surface area contributed by atoms with E-state index in [0.29, 0.717) is 5.56 Å². The fourth-order valence-electron chi connectivity index (χ4n) is 5.44. The zero-order valence-corrected chi connectivity index (χ0v) is 25.0. The SMILES string of the molecule is Cc1cc(-c2ccc3cc(-c4ccc(-c5nc6ccc(P)cc6s5)cc4)ccc3c2)ccc1-c1c(F)c(F)c(F)c(F)c1F. The Labute approximate surface area is 255 Å². The molecule has 1 aromatic heterocycles. The Kier molecular flexibility index (Phi) is 7.03. The molecular formula is C36H21F5NPS. The maximum Gasteiger partial charge on any atom is 0.200 e. The van der Waals surface area contributed by atoms with Gasteiger partial charge in [-0.25, -0.2) is 26.9 Å². The van der Waals surface area contributed by atoms with Crippen molar-refractivity contribution in [2.75, 3.05) is 0 Å². The smallest absolute Gasteiger partial charge is 0.200 e. The van der Waals surface area contributed by atoms with Crippen molar-refractivity contribution in [1.29, 1.82) is 0 Å². The molecule has 0 amide bonds. The van der Waals surface area contributed by atoms with Gasteiger partial charge in [-0.2, -0.15) is 0 Å². The molecular weight excluding hydrogens is 604 g/mol. The maximum atomic E-state index is 14.4. The minimum absolute atomic E-state index is 0.0599. The van der Waals surface area contributed by atoms with Crippen LogP contribution >= 0.6 is 20.6 Å². The van der Waals surface area contributed by atoms with Crippen LogP contribution in [0.2, 0.25) is 0 Å². The molecule has 44 heavy (non-hydrogen) atoms. The summed E-state index contributed by atoms with van der Waals surface area (Å²) in [6.45, 7) is 1.58. The summed E-state index contributed by atoms with van der Waals surface area (Å²) in [5.41, 5.74) is 5.18. The van der Waals surface area contributed by atoms with Gasteiger partial charge in [-0.15, -0.1) is 20.6 Å². The van der Waals surface area contributed by atoms with E-state index >= 15 is 0 Å². The van der Waals surface area contributed by atoms with Gasteiger partial charge in [0.15, 0.2) is 23.3 Å². The highest BCUT2D eigenvalue weighted by atomic mass is 32.1. The van der Waals surface area contributed by atoms with Crippen molar-refractivity contribution in [3.05, 3.63) is 132 Å². The van der Waals surface area contributed by atoms with E-state index in [0.717, 1.165) is 59.1 Å². The molecule has 0 radical (unpaired) electrons. The van der Waals surface area contributed by atoms with Crippen LogP contribution in [0, 0.1) is 36.0 Å². The first-order valence-electron chi connectivity index (χ1n) is 13.6. The van der Waals surface area contributed by atoms with Gasteiger partial charge in [0.1, 0.15) is 5.01 Å². The number of halogens is 5. The summed E-state index contributed by atoms with van der Waals surface area (Å²) in [6, 6.07) is 31.3. The van der Waals surface area contributed by atoms with E-state index in [1.807, 2.05) is 36.4 Å². The quantitative estimate of drug-likeness (QED) is 0.0821. The standard InChI is InChI=1S/C36H21F5NPS/c1-18-14-21(10-12-27(18)30-31(37)33(39)35(41)34(40)32(30)38)23-8-9-24-15-22(6-7-25(24)16-23)19-2-4-20(5-3-19)36-42-28-13-11-26(43)17-29(28)44-36/h2-17H,43H2,1H3. The van der Waals surface area contributed by atoms with Crippen molar-refractivity contribution in [3.63, 3.8) is 0 Å². The Bertz CT molecular complexity index is 2230. The van der Waals surface area contributed by atoms with Crippen LogP contribution in [0.4, 0.5) is 22.0 Å². The average molecular weight is 626 g/mol. The lowest BCUT2D eigenvalue weighted by Crippen LogP contribution is -2.04. The van der Waals surface area contributed by atoms with Crippen LogP contribution in [0.5, 0.6) is 0 Å². The summed E-state index contributed by atoms with van der Waals surface area (Å²) in [4.78, 5) is 4.78. The zero-order valence-electron chi connectivity index (χ0n) is 23.1. The first kappa shape index (κ1) is 28.3. The van der Waals surface area contributed by atoms with Crippen LogP contribution in [0.15, 0.2) is 97.1 Å². The lowest BCUT2D eigenvalue weighted by molar-refractivity contribution is 0.381. The van der Waals surface area contributed by atoms with Crippen molar-refractivity contribution in [3.8, 4) is 44.0 Å². The van der Waals surface area contributed by atoms with Gasteiger partial charge in [0, 0.05) is 5.56 Å². The number of hydrogen-bond acceptors (Lipinski definition) is 2.